The average molecular weight is 262 g/mol. The Morgan fingerprint density at radius 1 is 1.37 bits per heavy atom. The fraction of sp³-hybridized carbons (Fsp3) is 0.533. The van der Waals surface area contributed by atoms with E-state index in [2.05, 4.69) is 4.90 Å². The number of rotatable bonds is 5. The predicted octanol–water partition coefficient (Wildman–Crippen LogP) is 1.84. The summed E-state index contributed by atoms with van der Waals surface area (Å²) in [6, 6.07) is 7.06. The van der Waals surface area contributed by atoms with Crippen molar-refractivity contribution in [2.45, 2.75) is 25.8 Å². The molecule has 1 aliphatic rings. The Morgan fingerprint density at radius 2 is 2.11 bits per heavy atom. The van der Waals surface area contributed by atoms with Crippen LogP contribution in [0.25, 0.3) is 0 Å². The van der Waals surface area contributed by atoms with Gasteiger partial charge < -0.3 is 14.9 Å². The van der Waals surface area contributed by atoms with E-state index < -0.39 is 0 Å². The van der Waals surface area contributed by atoms with Crippen molar-refractivity contribution >= 4 is 5.91 Å². The maximum Gasteiger partial charge on any atom is 0.223 e. The summed E-state index contributed by atoms with van der Waals surface area (Å²) in [6.07, 6.45) is 3.09. The van der Waals surface area contributed by atoms with Crippen LogP contribution in [-0.4, -0.2) is 47.5 Å². The molecule has 0 atom stereocenters. The molecule has 1 amide bonds. The second kappa shape index (κ2) is 6.57. The minimum atomic E-state index is 0.162. The standard InChI is InChI=1S/C15H22N2O2/c1-16(12-13-5-4-6-14(18)11-13)15(19)7-10-17-8-2-3-9-17/h4-6,11,18H,2-3,7-10,12H2,1H3. The highest BCUT2D eigenvalue weighted by molar-refractivity contribution is 5.76. The number of hydrogen-bond acceptors (Lipinski definition) is 3. The van der Waals surface area contributed by atoms with Gasteiger partial charge in [-0.25, -0.2) is 0 Å². The molecule has 104 valence electrons. The first-order chi connectivity index (χ1) is 9.15. The lowest BCUT2D eigenvalue weighted by atomic mass is 10.2. The van der Waals surface area contributed by atoms with Crippen LogP contribution in [0.4, 0.5) is 0 Å². The summed E-state index contributed by atoms with van der Waals surface area (Å²) in [5, 5.41) is 9.40. The summed E-state index contributed by atoms with van der Waals surface area (Å²) in [7, 11) is 1.82. The molecule has 0 spiro atoms. The van der Waals surface area contributed by atoms with Crippen LogP contribution in [0.5, 0.6) is 5.75 Å². The second-order valence-corrected chi connectivity index (χ2v) is 5.22. The zero-order valence-corrected chi connectivity index (χ0v) is 11.5. The minimum absolute atomic E-state index is 0.162. The maximum atomic E-state index is 12.0. The molecule has 1 saturated heterocycles. The van der Waals surface area contributed by atoms with Gasteiger partial charge in [-0.1, -0.05) is 12.1 Å². The molecule has 0 aromatic heterocycles. The third-order valence-electron chi connectivity index (χ3n) is 3.60. The van der Waals surface area contributed by atoms with Crippen molar-refractivity contribution in [2.24, 2.45) is 0 Å². The van der Waals surface area contributed by atoms with Gasteiger partial charge in [0.15, 0.2) is 0 Å². The summed E-state index contributed by atoms with van der Waals surface area (Å²) < 4.78 is 0. The van der Waals surface area contributed by atoms with Crippen LogP contribution in [0.15, 0.2) is 24.3 Å². The summed E-state index contributed by atoms with van der Waals surface area (Å²) in [5.74, 6) is 0.408. The van der Waals surface area contributed by atoms with E-state index >= 15 is 0 Å². The molecule has 1 fully saturated rings. The van der Waals surface area contributed by atoms with Crippen molar-refractivity contribution < 1.29 is 9.90 Å². The van der Waals surface area contributed by atoms with E-state index in [-0.39, 0.29) is 11.7 Å². The van der Waals surface area contributed by atoms with Crippen LogP contribution in [0.1, 0.15) is 24.8 Å². The molecule has 0 saturated carbocycles. The van der Waals surface area contributed by atoms with Gasteiger partial charge in [0.05, 0.1) is 0 Å². The largest absolute Gasteiger partial charge is 0.508 e. The number of aromatic hydroxyl groups is 1. The van der Waals surface area contributed by atoms with E-state index in [1.807, 2.05) is 13.1 Å². The van der Waals surface area contributed by atoms with Crippen LogP contribution in [0.2, 0.25) is 0 Å². The van der Waals surface area contributed by atoms with Crippen LogP contribution in [0.3, 0.4) is 0 Å². The first kappa shape index (κ1) is 13.9. The zero-order valence-electron chi connectivity index (χ0n) is 11.5. The van der Waals surface area contributed by atoms with Crippen molar-refractivity contribution in [1.29, 1.82) is 0 Å². The molecular formula is C15H22N2O2. The Hall–Kier alpha value is -1.55. The third-order valence-corrected chi connectivity index (χ3v) is 3.60. The minimum Gasteiger partial charge on any atom is -0.508 e. The van der Waals surface area contributed by atoms with Gasteiger partial charge in [-0.05, 0) is 43.6 Å². The van der Waals surface area contributed by atoms with Crippen molar-refractivity contribution in [2.75, 3.05) is 26.7 Å². The maximum absolute atomic E-state index is 12.0. The van der Waals surface area contributed by atoms with Crippen molar-refractivity contribution in [3.05, 3.63) is 29.8 Å². The van der Waals surface area contributed by atoms with Crippen LogP contribution >= 0.6 is 0 Å². The molecule has 1 aliphatic heterocycles. The number of benzene rings is 1. The number of phenolic OH excluding ortho intramolecular Hbond substituents is 1. The Morgan fingerprint density at radius 3 is 2.79 bits per heavy atom. The molecule has 19 heavy (non-hydrogen) atoms. The quantitative estimate of drug-likeness (QED) is 0.880. The SMILES string of the molecule is CN(Cc1cccc(O)c1)C(=O)CCN1CCCC1. The van der Waals surface area contributed by atoms with E-state index in [4.69, 9.17) is 0 Å². The highest BCUT2D eigenvalue weighted by Gasteiger charge is 2.15. The number of carbonyl (C=O) groups excluding carboxylic acids is 1. The molecule has 4 nitrogen and oxygen atoms in total. The summed E-state index contributed by atoms with van der Waals surface area (Å²) in [6.45, 7) is 3.67. The van der Waals surface area contributed by atoms with Crippen molar-refractivity contribution in [1.82, 2.24) is 9.80 Å². The van der Waals surface area contributed by atoms with E-state index in [0.717, 1.165) is 25.2 Å². The Balaban J connectivity index is 1.78. The lowest BCUT2D eigenvalue weighted by Gasteiger charge is -2.20. The topological polar surface area (TPSA) is 43.8 Å². The third kappa shape index (κ3) is 4.24. The predicted molar refractivity (Wildman–Crippen MR) is 74.9 cm³/mol. The number of hydrogen-bond donors (Lipinski definition) is 1. The zero-order chi connectivity index (χ0) is 13.7. The normalized spacial score (nSPS) is 15.6. The lowest BCUT2D eigenvalue weighted by Crippen LogP contribution is -2.30. The van der Waals surface area contributed by atoms with Gasteiger partial charge in [0.1, 0.15) is 5.75 Å². The molecule has 2 rings (SSSR count). The van der Waals surface area contributed by atoms with Gasteiger partial charge in [-0.2, -0.15) is 0 Å². The number of likely N-dealkylation sites (tertiary alicyclic amines) is 1. The fourth-order valence-electron chi connectivity index (χ4n) is 2.47. The van der Waals surface area contributed by atoms with Crippen molar-refractivity contribution in [3.63, 3.8) is 0 Å². The van der Waals surface area contributed by atoms with Gasteiger partial charge in [-0.3, -0.25) is 4.79 Å². The van der Waals surface area contributed by atoms with Gasteiger partial charge in [0.2, 0.25) is 5.91 Å². The summed E-state index contributed by atoms with van der Waals surface area (Å²) in [5.41, 5.74) is 0.956. The number of nitrogens with zero attached hydrogens (tertiary/aromatic N) is 2. The molecule has 0 aliphatic carbocycles. The molecule has 1 N–H and O–H groups in total. The molecule has 1 heterocycles. The molecular weight excluding hydrogens is 240 g/mol. The smallest absolute Gasteiger partial charge is 0.223 e. The van der Waals surface area contributed by atoms with Crippen LogP contribution in [-0.2, 0) is 11.3 Å². The molecule has 0 radical (unpaired) electrons. The average Bonchev–Trinajstić information content (AvgIpc) is 2.89. The number of carbonyl (C=O) groups is 1. The lowest BCUT2D eigenvalue weighted by molar-refractivity contribution is -0.130. The Kier molecular flexibility index (Phi) is 4.80. The summed E-state index contributed by atoms with van der Waals surface area (Å²) >= 11 is 0. The van der Waals surface area contributed by atoms with E-state index in [1.165, 1.54) is 12.8 Å². The Bertz CT molecular complexity index is 428. The van der Waals surface area contributed by atoms with Crippen LogP contribution < -0.4 is 0 Å². The molecule has 1 aromatic rings. The highest BCUT2D eigenvalue weighted by Crippen LogP contribution is 2.13. The van der Waals surface area contributed by atoms with Gasteiger partial charge in [0, 0.05) is 26.6 Å². The second-order valence-electron chi connectivity index (χ2n) is 5.22. The van der Waals surface area contributed by atoms with Crippen molar-refractivity contribution in [3.8, 4) is 5.75 Å². The first-order valence-electron chi connectivity index (χ1n) is 6.89. The van der Waals surface area contributed by atoms with E-state index in [9.17, 15) is 9.90 Å². The van der Waals surface area contributed by atoms with E-state index in [0.29, 0.717) is 13.0 Å². The molecule has 0 bridgehead atoms. The highest BCUT2D eigenvalue weighted by atomic mass is 16.3. The van der Waals surface area contributed by atoms with Crippen LogP contribution in [0, 0.1) is 0 Å². The first-order valence-corrected chi connectivity index (χ1v) is 6.89. The molecule has 0 unspecified atom stereocenters. The Labute approximate surface area is 114 Å². The van der Waals surface area contributed by atoms with E-state index in [1.54, 1.807) is 23.1 Å². The molecule has 4 heteroatoms. The number of amides is 1. The molecule has 1 aromatic carbocycles. The van der Waals surface area contributed by atoms with Gasteiger partial charge in [0.25, 0.3) is 0 Å². The summed E-state index contributed by atoms with van der Waals surface area (Å²) in [4.78, 5) is 16.1. The monoisotopic (exact) mass is 262 g/mol. The van der Waals surface area contributed by atoms with Gasteiger partial charge >= 0.3 is 0 Å². The fourth-order valence-corrected chi connectivity index (χ4v) is 2.47. The number of phenols is 1. The van der Waals surface area contributed by atoms with Gasteiger partial charge in [-0.15, -0.1) is 0 Å².